The van der Waals surface area contributed by atoms with Crippen LogP contribution in [0.2, 0.25) is 0 Å². The van der Waals surface area contributed by atoms with Gasteiger partial charge in [0.05, 0.1) is 39.3 Å². The van der Waals surface area contributed by atoms with Crippen LogP contribution in [0.3, 0.4) is 0 Å². The van der Waals surface area contributed by atoms with Crippen LogP contribution in [0.1, 0.15) is 18.9 Å². The first-order chi connectivity index (χ1) is 37.0. The molecule has 0 fully saturated rings. The standard InChI is InChI=1S/C71H50N4/c1-71(40-38-49(39-41-71)57-46-65(52-22-10-4-11-23-52)73-66(47-57)53-24-12-5-13-25-53)75-69-29-17-15-27-60(69)62-43-55(33-37-70(62)75)54-32-36-68-61(42-54)59-26-14-16-28-67(59)74(68)58-34-30-48(31-35-58)56-44-63(50-18-6-2-7-19-50)72-64(45-56)51-20-8-3-9-21-51/h2-40,42-47H,41H2,1H3. The van der Waals surface area contributed by atoms with Gasteiger partial charge in [0.1, 0.15) is 0 Å². The van der Waals surface area contributed by atoms with Crippen LogP contribution in [0, 0.1) is 0 Å². The smallest absolute Gasteiger partial charge is 0.0715 e. The van der Waals surface area contributed by atoms with Gasteiger partial charge in [-0.3, -0.25) is 0 Å². The number of para-hydroxylation sites is 2. The fraction of sp³-hybridized carbons (Fsp3) is 0.0423. The van der Waals surface area contributed by atoms with Crippen LogP contribution in [-0.4, -0.2) is 19.1 Å². The van der Waals surface area contributed by atoms with Gasteiger partial charge < -0.3 is 9.13 Å². The number of nitrogens with zero attached hydrogens (tertiary/aromatic N) is 4. The number of benzene rings is 9. The quantitative estimate of drug-likeness (QED) is 0.144. The number of rotatable bonds is 9. The van der Waals surface area contributed by atoms with E-state index in [-0.39, 0.29) is 5.54 Å². The Labute approximate surface area is 436 Å². The van der Waals surface area contributed by atoms with Gasteiger partial charge in [0, 0.05) is 60.5 Å². The Morgan fingerprint density at radius 2 is 0.733 bits per heavy atom. The van der Waals surface area contributed by atoms with Gasteiger partial charge in [0.2, 0.25) is 0 Å². The van der Waals surface area contributed by atoms with E-state index >= 15 is 0 Å². The molecule has 1 aliphatic rings. The maximum Gasteiger partial charge on any atom is 0.0715 e. The summed E-state index contributed by atoms with van der Waals surface area (Å²) in [6, 6.07) is 91.5. The molecule has 354 valence electrons. The first-order valence-corrected chi connectivity index (χ1v) is 25.9. The minimum Gasteiger partial charge on any atom is -0.331 e. The van der Waals surface area contributed by atoms with E-state index in [0.29, 0.717) is 0 Å². The van der Waals surface area contributed by atoms with E-state index in [1.807, 2.05) is 0 Å². The number of pyridine rings is 2. The first kappa shape index (κ1) is 44.1. The zero-order valence-electron chi connectivity index (χ0n) is 41.5. The van der Waals surface area contributed by atoms with Crippen molar-refractivity contribution < 1.29 is 0 Å². The topological polar surface area (TPSA) is 35.6 Å². The Kier molecular flexibility index (Phi) is 10.7. The van der Waals surface area contributed by atoms with E-state index in [0.717, 1.165) is 68.3 Å². The lowest BCUT2D eigenvalue weighted by molar-refractivity contribution is 0.438. The van der Waals surface area contributed by atoms with Gasteiger partial charge in [-0.15, -0.1) is 0 Å². The van der Waals surface area contributed by atoms with E-state index in [9.17, 15) is 0 Å². The maximum atomic E-state index is 5.15. The molecule has 0 amide bonds. The molecule has 0 spiro atoms. The number of hydrogen-bond acceptors (Lipinski definition) is 2. The second-order valence-electron chi connectivity index (χ2n) is 20.0. The predicted octanol–water partition coefficient (Wildman–Crippen LogP) is 18.4. The lowest BCUT2D eigenvalue weighted by atomic mass is 9.87. The molecule has 1 unspecified atom stereocenters. The molecule has 14 rings (SSSR count). The van der Waals surface area contributed by atoms with E-state index < -0.39 is 0 Å². The van der Waals surface area contributed by atoms with Crippen molar-refractivity contribution >= 4 is 49.2 Å². The Bertz CT molecular complexity index is 4240. The summed E-state index contributed by atoms with van der Waals surface area (Å²) in [7, 11) is 0. The average Bonchev–Trinajstić information content (AvgIpc) is 4.02. The van der Waals surface area contributed by atoms with E-state index in [2.05, 4.69) is 289 Å². The Morgan fingerprint density at radius 1 is 0.333 bits per heavy atom. The third-order valence-electron chi connectivity index (χ3n) is 15.3. The Balaban J connectivity index is 0.805. The third-order valence-corrected chi connectivity index (χ3v) is 15.3. The van der Waals surface area contributed by atoms with Crippen LogP contribution in [0.15, 0.2) is 273 Å². The van der Waals surface area contributed by atoms with Crippen LogP contribution in [0.25, 0.3) is 122 Å². The van der Waals surface area contributed by atoms with Crippen molar-refractivity contribution in [2.75, 3.05) is 0 Å². The van der Waals surface area contributed by atoms with Crippen molar-refractivity contribution in [1.29, 1.82) is 0 Å². The van der Waals surface area contributed by atoms with Gasteiger partial charge >= 0.3 is 0 Å². The van der Waals surface area contributed by atoms with E-state index in [4.69, 9.17) is 9.97 Å². The lowest BCUT2D eigenvalue weighted by Crippen LogP contribution is -2.28. The monoisotopic (exact) mass is 958 g/mol. The summed E-state index contributed by atoms with van der Waals surface area (Å²) in [5, 5.41) is 4.97. The number of fused-ring (bicyclic) bond motifs is 6. The second-order valence-corrected chi connectivity index (χ2v) is 20.0. The molecule has 4 nitrogen and oxygen atoms in total. The zero-order valence-corrected chi connectivity index (χ0v) is 41.5. The molecule has 75 heavy (non-hydrogen) atoms. The molecule has 4 heteroatoms. The number of allylic oxidation sites excluding steroid dienone is 4. The molecule has 1 aliphatic carbocycles. The minimum atomic E-state index is -0.294. The summed E-state index contributed by atoms with van der Waals surface area (Å²) in [5.74, 6) is 0. The summed E-state index contributed by atoms with van der Waals surface area (Å²) < 4.78 is 4.97. The maximum absolute atomic E-state index is 5.15. The second kappa shape index (κ2) is 18.1. The molecule has 4 heterocycles. The average molecular weight is 959 g/mol. The van der Waals surface area contributed by atoms with E-state index in [1.54, 1.807) is 0 Å². The molecule has 13 aromatic rings. The zero-order chi connectivity index (χ0) is 49.9. The molecule has 0 N–H and O–H groups in total. The molecule has 0 aliphatic heterocycles. The summed E-state index contributed by atoms with van der Waals surface area (Å²) in [6.45, 7) is 2.37. The number of hydrogen-bond donors (Lipinski definition) is 0. The van der Waals surface area contributed by atoms with Crippen LogP contribution in [0.4, 0.5) is 0 Å². The van der Waals surface area contributed by atoms with Gasteiger partial charge in [-0.25, -0.2) is 9.97 Å². The van der Waals surface area contributed by atoms with Gasteiger partial charge in [0.15, 0.2) is 0 Å². The van der Waals surface area contributed by atoms with Gasteiger partial charge in [-0.1, -0.05) is 200 Å². The highest BCUT2D eigenvalue weighted by Gasteiger charge is 2.29. The first-order valence-electron chi connectivity index (χ1n) is 25.9. The fourth-order valence-electron chi connectivity index (χ4n) is 11.5. The summed E-state index contributed by atoms with van der Waals surface area (Å²) in [5.41, 5.74) is 21.0. The van der Waals surface area contributed by atoms with Crippen molar-refractivity contribution in [3.8, 4) is 73.0 Å². The molecular weight excluding hydrogens is 909 g/mol. The third kappa shape index (κ3) is 7.87. The van der Waals surface area contributed by atoms with Gasteiger partial charge in [-0.2, -0.15) is 0 Å². The highest BCUT2D eigenvalue weighted by Crippen LogP contribution is 2.43. The van der Waals surface area contributed by atoms with Crippen LogP contribution in [0.5, 0.6) is 0 Å². The molecule has 0 saturated heterocycles. The molecule has 1 atom stereocenters. The Hall–Kier alpha value is -9.64. The van der Waals surface area contributed by atoms with E-state index in [1.165, 1.54) is 65.9 Å². The van der Waals surface area contributed by atoms with Crippen molar-refractivity contribution in [3.05, 3.63) is 279 Å². The van der Waals surface area contributed by atoms with Crippen molar-refractivity contribution in [3.63, 3.8) is 0 Å². The van der Waals surface area contributed by atoms with Crippen molar-refractivity contribution in [1.82, 2.24) is 19.1 Å². The largest absolute Gasteiger partial charge is 0.331 e. The highest BCUT2D eigenvalue weighted by atomic mass is 15.1. The molecule has 0 bridgehead atoms. The highest BCUT2D eigenvalue weighted by molar-refractivity contribution is 6.12. The minimum absolute atomic E-state index is 0.294. The molecule has 9 aromatic carbocycles. The molecular formula is C71H50N4. The Morgan fingerprint density at radius 3 is 1.24 bits per heavy atom. The SMILES string of the molecule is CC1(n2c3ccccc3c3cc(-c4ccc5c(c4)c4ccccc4n5-c4ccc(-c5cc(-c6ccccc6)nc(-c6ccccc6)c5)cc4)ccc32)C=CC(c2cc(-c3ccccc3)nc(-c3ccccc3)c2)=CC1. The van der Waals surface area contributed by atoms with Crippen LogP contribution < -0.4 is 0 Å². The van der Waals surface area contributed by atoms with Crippen LogP contribution in [-0.2, 0) is 5.54 Å². The molecule has 0 radical (unpaired) electrons. The molecule has 0 saturated carbocycles. The lowest BCUT2D eigenvalue weighted by Gasteiger charge is -2.32. The summed E-state index contributed by atoms with van der Waals surface area (Å²) >= 11 is 0. The number of aromatic nitrogens is 4. The summed E-state index contributed by atoms with van der Waals surface area (Å²) in [6.07, 6.45) is 7.99. The predicted molar refractivity (Wildman–Crippen MR) is 314 cm³/mol. The van der Waals surface area contributed by atoms with Crippen LogP contribution >= 0.6 is 0 Å². The normalized spacial score (nSPS) is 14.5. The van der Waals surface area contributed by atoms with Crippen molar-refractivity contribution in [2.24, 2.45) is 0 Å². The summed E-state index contributed by atoms with van der Waals surface area (Å²) in [4.78, 5) is 10.3. The fourth-order valence-corrected chi connectivity index (χ4v) is 11.5. The van der Waals surface area contributed by atoms with Gasteiger partial charge in [0.25, 0.3) is 0 Å². The van der Waals surface area contributed by atoms with Gasteiger partial charge in [-0.05, 0) is 120 Å². The molecule has 4 aromatic heterocycles. The van der Waals surface area contributed by atoms with Crippen molar-refractivity contribution in [2.45, 2.75) is 18.9 Å².